The Labute approximate surface area is 144 Å². The fourth-order valence-corrected chi connectivity index (χ4v) is 2.52. The Morgan fingerprint density at radius 1 is 1.08 bits per heavy atom. The number of Topliss-reactive ketones (excluding diaryl/α,β-unsaturated/α-hetero) is 1. The van der Waals surface area contributed by atoms with E-state index in [2.05, 4.69) is 11.9 Å². The Bertz CT molecular complexity index is 614. The molecule has 0 aliphatic heterocycles. The summed E-state index contributed by atoms with van der Waals surface area (Å²) >= 11 is 0. The molecule has 128 valence electrons. The second kappa shape index (κ2) is 10.5. The maximum atomic E-state index is 12.2. The first-order valence-corrected chi connectivity index (χ1v) is 8.85. The molecular weight excluding hydrogens is 300 g/mol. The van der Waals surface area contributed by atoms with Crippen LogP contribution in [0, 0.1) is 0 Å². The summed E-state index contributed by atoms with van der Waals surface area (Å²) in [7, 11) is 0. The topological polar surface area (TPSA) is 43.1 Å². The fraction of sp³-hybridized carbons (Fsp3) is 0.450. The zero-order chi connectivity index (χ0) is 17.0. The van der Waals surface area contributed by atoms with Crippen LogP contribution in [0.1, 0.15) is 55.8 Å². The number of aromatic nitrogens is 2. The molecule has 0 saturated heterocycles. The van der Waals surface area contributed by atoms with Gasteiger partial charge in [0, 0.05) is 5.56 Å². The van der Waals surface area contributed by atoms with Crippen molar-refractivity contribution in [2.24, 2.45) is 0 Å². The molecule has 0 saturated carbocycles. The van der Waals surface area contributed by atoms with Crippen molar-refractivity contribution in [2.45, 2.75) is 52.0 Å². The number of unbranched alkanes of at least 4 members (excludes halogenated alkanes) is 5. The molecule has 0 N–H and O–H groups in total. The molecule has 24 heavy (non-hydrogen) atoms. The molecule has 0 spiro atoms. The van der Waals surface area contributed by atoms with Crippen molar-refractivity contribution in [3.8, 4) is 5.88 Å². The molecule has 1 heterocycles. The largest absolute Gasteiger partial charge is 0.473 e. The molecule has 0 unspecified atom stereocenters. The standard InChI is InChI=1S/C20H27N2O2/c1-2-3-4-5-6-10-15-24-20-17-22(14-13-21-20)16-19(23)18-11-8-7-9-12-18/h7-9,11-14,17H,2-6,10,15-16H2,1H3/q+1. The van der Waals surface area contributed by atoms with Crippen LogP contribution in [0.4, 0.5) is 0 Å². The first-order chi connectivity index (χ1) is 11.8. The summed E-state index contributed by atoms with van der Waals surface area (Å²) in [5.74, 6) is 0.653. The van der Waals surface area contributed by atoms with Crippen LogP contribution in [-0.2, 0) is 6.54 Å². The second-order valence-corrected chi connectivity index (χ2v) is 5.97. The molecule has 0 atom stereocenters. The third kappa shape index (κ3) is 6.49. The van der Waals surface area contributed by atoms with E-state index >= 15 is 0 Å². The third-order valence-electron chi connectivity index (χ3n) is 3.91. The first-order valence-electron chi connectivity index (χ1n) is 8.85. The molecule has 2 rings (SSSR count). The fourth-order valence-electron chi connectivity index (χ4n) is 2.52. The van der Waals surface area contributed by atoms with Crippen LogP contribution in [0.25, 0.3) is 0 Å². The maximum Gasteiger partial charge on any atom is 0.279 e. The molecule has 0 bridgehead atoms. The Balaban J connectivity index is 1.76. The maximum absolute atomic E-state index is 12.2. The number of hydrogen-bond donors (Lipinski definition) is 0. The molecule has 2 aromatic rings. The van der Waals surface area contributed by atoms with Crippen molar-refractivity contribution >= 4 is 5.78 Å². The molecule has 1 aromatic carbocycles. The normalized spacial score (nSPS) is 10.5. The SMILES string of the molecule is CCCCCCCCOc1c[n+](CC(=O)c2ccccc2)ccn1. The quantitative estimate of drug-likeness (QED) is 0.356. The molecule has 4 heteroatoms. The summed E-state index contributed by atoms with van der Waals surface area (Å²) in [5.41, 5.74) is 0.719. The zero-order valence-electron chi connectivity index (χ0n) is 14.5. The lowest BCUT2D eigenvalue weighted by molar-refractivity contribution is -0.684. The van der Waals surface area contributed by atoms with Gasteiger partial charge in [0.15, 0.2) is 6.20 Å². The minimum Gasteiger partial charge on any atom is -0.473 e. The van der Waals surface area contributed by atoms with Crippen LogP contribution < -0.4 is 9.30 Å². The lowest BCUT2D eigenvalue weighted by Crippen LogP contribution is -2.37. The molecular formula is C20H27N2O2+. The van der Waals surface area contributed by atoms with E-state index in [0.29, 0.717) is 19.0 Å². The van der Waals surface area contributed by atoms with Gasteiger partial charge in [-0.2, -0.15) is 4.57 Å². The predicted octanol–water partition coefficient (Wildman–Crippen LogP) is 3.99. The van der Waals surface area contributed by atoms with E-state index in [4.69, 9.17) is 4.74 Å². The van der Waals surface area contributed by atoms with E-state index < -0.39 is 0 Å². The molecule has 1 aromatic heterocycles. The Hall–Kier alpha value is -2.23. The number of carbonyl (C=O) groups is 1. The van der Waals surface area contributed by atoms with Gasteiger partial charge in [0.05, 0.1) is 12.8 Å². The van der Waals surface area contributed by atoms with E-state index in [-0.39, 0.29) is 5.78 Å². The van der Waals surface area contributed by atoms with Crippen LogP contribution in [-0.4, -0.2) is 17.4 Å². The summed E-state index contributed by atoms with van der Waals surface area (Å²) in [6.45, 7) is 3.19. The molecule has 0 aliphatic rings. The van der Waals surface area contributed by atoms with Crippen LogP contribution in [0.5, 0.6) is 5.88 Å². The minimum absolute atomic E-state index is 0.0775. The minimum atomic E-state index is 0.0775. The van der Waals surface area contributed by atoms with Gasteiger partial charge in [0.2, 0.25) is 18.5 Å². The van der Waals surface area contributed by atoms with Crippen molar-refractivity contribution in [1.82, 2.24) is 4.98 Å². The predicted molar refractivity (Wildman–Crippen MR) is 94.1 cm³/mol. The monoisotopic (exact) mass is 327 g/mol. The number of nitrogens with zero attached hydrogens (tertiary/aromatic N) is 2. The van der Waals surface area contributed by atoms with E-state index in [1.807, 2.05) is 34.9 Å². The summed E-state index contributed by atoms with van der Waals surface area (Å²) in [5, 5.41) is 0. The highest BCUT2D eigenvalue weighted by Crippen LogP contribution is 2.07. The van der Waals surface area contributed by atoms with E-state index in [1.54, 1.807) is 18.6 Å². The molecule has 0 amide bonds. The smallest absolute Gasteiger partial charge is 0.279 e. The van der Waals surface area contributed by atoms with Gasteiger partial charge in [-0.05, 0) is 6.42 Å². The lowest BCUT2D eigenvalue weighted by Gasteiger charge is -2.04. The number of ketones is 1. The van der Waals surface area contributed by atoms with Crippen molar-refractivity contribution < 1.29 is 14.1 Å². The van der Waals surface area contributed by atoms with Gasteiger partial charge in [-0.15, -0.1) is 0 Å². The van der Waals surface area contributed by atoms with Crippen LogP contribution in [0.2, 0.25) is 0 Å². The summed E-state index contributed by atoms with van der Waals surface area (Å²) < 4.78 is 7.52. The van der Waals surface area contributed by atoms with Crippen molar-refractivity contribution in [3.05, 3.63) is 54.5 Å². The highest BCUT2D eigenvalue weighted by Gasteiger charge is 2.13. The van der Waals surface area contributed by atoms with Crippen LogP contribution in [0.3, 0.4) is 0 Å². The average Bonchev–Trinajstić information content (AvgIpc) is 2.62. The lowest BCUT2D eigenvalue weighted by atomic mass is 10.1. The van der Waals surface area contributed by atoms with Gasteiger partial charge >= 0.3 is 0 Å². The Kier molecular flexibility index (Phi) is 7.94. The number of benzene rings is 1. The highest BCUT2D eigenvalue weighted by molar-refractivity contribution is 5.94. The second-order valence-electron chi connectivity index (χ2n) is 5.97. The summed E-state index contributed by atoms with van der Waals surface area (Å²) in [6.07, 6.45) is 12.7. The summed E-state index contributed by atoms with van der Waals surface area (Å²) in [6, 6.07) is 9.32. The zero-order valence-corrected chi connectivity index (χ0v) is 14.5. The van der Waals surface area contributed by atoms with Crippen molar-refractivity contribution in [2.75, 3.05) is 6.61 Å². The molecule has 0 aliphatic carbocycles. The number of rotatable bonds is 11. The number of ether oxygens (including phenoxy) is 1. The Morgan fingerprint density at radius 3 is 2.62 bits per heavy atom. The molecule has 0 fully saturated rings. The third-order valence-corrected chi connectivity index (χ3v) is 3.91. The highest BCUT2D eigenvalue weighted by atomic mass is 16.5. The van der Waals surface area contributed by atoms with Gasteiger partial charge in [-0.1, -0.05) is 69.4 Å². The van der Waals surface area contributed by atoms with Crippen LogP contribution >= 0.6 is 0 Å². The van der Waals surface area contributed by atoms with E-state index in [1.165, 1.54) is 32.1 Å². The van der Waals surface area contributed by atoms with Gasteiger partial charge in [-0.25, -0.2) is 4.98 Å². The van der Waals surface area contributed by atoms with Crippen molar-refractivity contribution in [1.29, 1.82) is 0 Å². The Morgan fingerprint density at radius 2 is 1.83 bits per heavy atom. The van der Waals surface area contributed by atoms with Crippen LogP contribution in [0.15, 0.2) is 48.9 Å². The first kappa shape index (κ1) is 18.1. The molecule has 4 nitrogen and oxygen atoms in total. The van der Waals surface area contributed by atoms with Gasteiger partial charge in [0.1, 0.15) is 0 Å². The molecule has 0 radical (unpaired) electrons. The number of hydrogen-bond acceptors (Lipinski definition) is 3. The van der Waals surface area contributed by atoms with Crippen molar-refractivity contribution in [3.63, 3.8) is 0 Å². The van der Waals surface area contributed by atoms with Gasteiger partial charge in [-0.3, -0.25) is 4.79 Å². The summed E-state index contributed by atoms with van der Waals surface area (Å²) in [4.78, 5) is 16.4. The van der Waals surface area contributed by atoms with E-state index in [0.717, 1.165) is 12.0 Å². The number of carbonyl (C=O) groups excluding carboxylic acids is 1. The average molecular weight is 327 g/mol. The van der Waals surface area contributed by atoms with Gasteiger partial charge in [0.25, 0.3) is 5.88 Å². The van der Waals surface area contributed by atoms with Gasteiger partial charge < -0.3 is 4.74 Å². The van der Waals surface area contributed by atoms with E-state index in [9.17, 15) is 4.79 Å².